The van der Waals surface area contributed by atoms with Gasteiger partial charge in [0.05, 0.1) is 29.3 Å². The van der Waals surface area contributed by atoms with E-state index in [-0.39, 0.29) is 13.0 Å². The van der Waals surface area contributed by atoms with Crippen molar-refractivity contribution in [2.75, 3.05) is 12.3 Å². The predicted molar refractivity (Wildman–Crippen MR) is 76.2 cm³/mol. The van der Waals surface area contributed by atoms with Gasteiger partial charge in [0.2, 0.25) is 0 Å². The van der Waals surface area contributed by atoms with Crippen LogP contribution in [0.2, 0.25) is 0 Å². The van der Waals surface area contributed by atoms with Crippen molar-refractivity contribution in [1.29, 1.82) is 0 Å². The lowest BCUT2D eigenvalue weighted by atomic mass is 10.0. The largest absolute Gasteiger partial charge is 0.466 e. The number of thiazole rings is 1. The Hall–Kier alpha value is -1.70. The van der Waals surface area contributed by atoms with E-state index >= 15 is 0 Å². The van der Waals surface area contributed by atoms with Crippen LogP contribution in [-0.2, 0) is 9.53 Å². The third-order valence-corrected chi connectivity index (χ3v) is 3.68. The number of carbonyl (C=O) groups excluding carboxylic acids is 1. The number of hydrogen-bond donors (Lipinski definition) is 3. The summed E-state index contributed by atoms with van der Waals surface area (Å²) in [7, 11) is 0. The topological polar surface area (TPSA) is 106 Å². The minimum Gasteiger partial charge on any atom is -0.466 e. The molecule has 1 heterocycles. The number of aliphatic hydroxyl groups excluding tert-OH is 2. The molecule has 0 bridgehead atoms. The van der Waals surface area contributed by atoms with Gasteiger partial charge in [0, 0.05) is 0 Å². The van der Waals surface area contributed by atoms with Gasteiger partial charge in [-0.15, -0.1) is 0 Å². The summed E-state index contributed by atoms with van der Waals surface area (Å²) < 4.78 is 5.64. The SMILES string of the molecule is CCOC(=O)CC(O)C(O)c1ccc2sc(N)nc2c1. The number of aliphatic hydroxyl groups is 2. The fourth-order valence-electron chi connectivity index (χ4n) is 1.87. The van der Waals surface area contributed by atoms with Crippen molar-refractivity contribution in [2.24, 2.45) is 0 Å². The number of nitrogens with zero attached hydrogens (tertiary/aromatic N) is 1. The maximum atomic E-state index is 11.3. The number of anilines is 1. The fraction of sp³-hybridized carbons (Fsp3) is 0.385. The van der Waals surface area contributed by atoms with E-state index in [0.29, 0.717) is 16.2 Å². The Balaban J connectivity index is 2.13. The maximum Gasteiger partial charge on any atom is 0.308 e. The van der Waals surface area contributed by atoms with E-state index in [9.17, 15) is 15.0 Å². The highest BCUT2D eigenvalue weighted by atomic mass is 32.1. The normalized spacial score (nSPS) is 14.2. The number of nitrogen functional groups attached to an aromatic ring is 1. The highest BCUT2D eigenvalue weighted by Crippen LogP contribution is 2.28. The molecule has 0 radical (unpaired) electrons. The standard InChI is InChI=1S/C13H16N2O4S/c1-2-19-11(17)6-9(16)12(18)7-3-4-10-8(5-7)15-13(14)20-10/h3-5,9,12,16,18H,2,6H2,1H3,(H2,14,15). The van der Waals surface area contributed by atoms with Crippen LogP contribution in [0.4, 0.5) is 5.13 Å². The summed E-state index contributed by atoms with van der Waals surface area (Å²) in [5.74, 6) is -0.543. The number of esters is 1. The lowest BCUT2D eigenvalue weighted by Crippen LogP contribution is -2.23. The quantitative estimate of drug-likeness (QED) is 0.717. The molecule has 0 amide bonds. The minimum absolute atomic E-state index is 0.242. The first-order chi connectivity index (χ1) is 9.51. The van der Waals surface area contributed by atoms with E-state index in [4.69, 9.17) is 10.5 Å². The number of nitrogens with two attached hydrogens (primary N) is 1. The molecule has 2 atom stereocenters. The van der Waals surface area contributed by atoms with E-state index in [1.807, 2.05) is 0 Å². The molecule has 0 spiro atoms. The van der Waals surface area contributed by atoms with Crippen molar-refractivity contribution in [3.05, 3.63) is 23.8 Å². The molecule has 1 aromatic carbocycles. The average molecular weight is 296 g/mol. The smallest absolute Gasteiger partial charge is 0.308 e. The minimum atomic E-state index is -1.22. The number of benzene rings is 1. The van der Waals surface area contributed by atoms with E-state index in [1.54, 1.807) is 25.1 Å². The Morgan fingerprint density at radius 1 is 1.50 bits per heavy atom. The van der Waals surface area contributed by atoms with Crippen molar-refractivity contribution in [3.63, 3.8) is 0 Å². The van der Waals surface area contributed by atoms with Crippen LogP contribution in [0.3, 0.4) is 0 Å². The Labute approximate surface area is 119 Å². The van der Waals surface area contributed by atoms with E-state index < -0.39 is 18.2 Å². The van der Waals surface area contributed by atoms with Gasteiger partial charge in [-0.25, -0.2) is 4.98 Å². The first kappa shape index (κ1) is 14.7. The molecule has 0 fully saturated rings. The molecule has 6 nitrogen and oxygen atoms in total. The van der Waals surface area contributed by atoms with Crippen molar-refractivity contribution in [2.45, 2.75) is 25.6 Å². The van der Waals surface area contributed by atoms with Gasteiger partial charge in [-0.2, -0.15) is 0 Å². The molecule has 2 unspecified atom stereocenters. The maximum absolute atomic E-state index is 11.3. The molecule has 2 aromatic rings. The van der Waals surface area contributed by atoms with E-state index in [2.05, 4.69) is 4.98 Å². The number of rotatable bonds is 5. The zero-order valence-electron chi connectivity index (χ0n) is 10.9. The summed E-state index contributed by atoms with van der Waals surface area (Å²) in [6, 6.07) is 5.11. The monoisotopic (exact) mass is 296 g/mol. The number of hydrogen-bond acceptors (Lipinski definition) is 7. The van der Waals surface area contributed by atoms with Gasteiger partial charge in [0.15, 0.2) is 5.13 Å². The highest BCUT2D eigenvalue weighted by molar-refractivity contribution is 7.22. The van der Waals surface area contributed by atoms with Gasteiger partial charge < -0.3 is 20.7 Å². The summed E-state index contributed by atoms with van der Waals surface area (Å²) >= 11 is 1.35. The van der Waals surface area contributed by atoms with E-state index in [0.717, 1.165) is 4.70 Å². The third kappa shape index (κ3) is 3.24. The van der Waals surface area contributed by atoms with Crippen LogP contribution >= 0.6 is 11.3 Å². The zero-order chi connectivity index (χ0) is 14.7. The van der Waals surface area contributed by atoms with Gasteiger partial charge in [-0.05, 0) is 24.6 Å². The summed E-state index contributed by atoms with van der Waals surface area (Å²) in [4.78, 5) is 15.4. The first-order valence-corrected chi connectivity index (χ1v) is 7.00. The molecule has 0 aliphatic heterocycles. The molecule has 20 heavy (non-hydrogen) atoms. The Kier molecular flexibility index (Phi) is 4.53. The van der Waals surface area contributed by atoms with E-state index in [1.165, 1.54) is 11.3 Å². The number of fused-ring (bicyclic) bond motifs is 1. The Morgan fingerprint density at radius 3 is 2.95 bits per heavy atom. The summed E-state index contributed by atoms with van der Waals surface area (Å²) in [6.45, 7) is 1.92. The molecule has 0 saturated carbocycles. The lowest BCUT2D eigenvalue weighted by Gasteiger charge is -2.17. The molecule has 108 valence electrons. The van der Waals surface area contributed by atoms with Crippen molar-refractivity contribution in [3.8, 4) is 0 Å². The summed E-state index contributed by atoms with van der Waals surface area (Å²) in [6.07, 6.45) is -2.65. The molecule has 0 aliphatic carbocycles. The second-order valence-corrected chi connectivity index (χ2v) is 5.36. The third-order valence-electron chi connectivity index (χ3n) is 2.82. The van der Waals surface area contributed by atoms with Crippen molar-refractivity contribution < 1.29 is 19.7 Å². The second-order valence-electron chi connectivity index (χ2n) is 4.30. The number of aromatic nitrogens is 1. The predicted octanol–water partition coefficient (Wildman–Crippen LogP) is 1.23. The lowest BCUT2D eigenvalue weighted by molar-refractivity contribution is -0.147. The van der Waals surface area contributed by atoms with Crippen LogP contribution in [0, 0.1) is 0 Å². The number of ether oxygens (including phenoxy) is 1. The Bertz CT molecular complexity index is 613. The summed E-state index contributed by atoms with van der Waals surface area (Å²) in [5, 5.41) is 20.4. The van der Waals surface area contributed by atoms with Gasteiger partial charge in [0.1, 0.15) is 6.10 Å². The van der Waals surface area contributed by atoms with Crippen LogP contribution in [0.1, 0.15) is 25.0 Å². The van der Waals surface area contributed by atoms with Gasteiger partial charge >= 0.3 is 5.97 Å². The summed E-state index contributed by atoms with van der Waals surface area (Å²) in [5.41, 5.74) is 6.76. The molecular formula is C13H16N2O4S. The van der Waals surface area contributed by atoms with Gasteiger partial charge in [0.25, 0.3) is 0 Å². The van der Waals surface area contributed by atoms with Gasteiger partial charge in [-0.3, -0.25) is 4.79 Å². The molecule has 4 N–H and O–H groups in total. The van der Waals surface area contributed by atoms with Crippen LogP contribution in [0.25, 0.3) is 10.2 Å². The average Bonchev–Trinajstić information content (AvgIpc) is 2.76. The molecule has 1 aromatic heterocycles. The highest BCUT2D eigenvalue weighted by Gasteiger charge is 2.22. The fourth-order valence-corrected chi connectivity index (χ4v) is 2.59. The van der Waals surface area contributed by atoms with Crippen LogP contribution in [-0.4, -0.2) is 33.9 Å². The van der Waals surface area contributed by atoms with Crippen LogP contribution in [0.15, 0.2) is 18.2 Å². The number of carbonyl (C=O) groups is 1. The molecule has 2 rings (SSSR count). The molecule has 7 heteroatoms. The Morgan fingerprint density at radius 2 is 2.25 bits per heavy atom. The molecule has 0 saturated heterocycles. The second kappa shape index (κ2) is 6.17. The van der Waals surface area contributed by atoms with Crippen LogP contribution < -0.4 is 5.73 Å². The molecular weight excluding hydrogens is 280 g/mol. The van der Waals surface area contributed by atoms with Crippen LogP contribution in [0.5, 0.6) is 0 Å². The first-order valence-electron chi connectivity index (χ1n) is 6.19. The van der Waals surface area contributed by atoms with Gasteiger partial charge in [-0.1, -0.05) is 17.4 Å². The molecule has 0 aliphatic rings. The zero-order valence-corrected chi connectivity index (χ0v) is 11.8. The van der Waals surface area contributed by atoms with Crippen molar-refractivity contribution in [1.82, 2.24) is 4.98 Å². The van der Waals surface area contributed by atoms with Crippen molar-refractivity contribution >= 4 is 32.7 Å².